The summed E-state index contributed by atoms with van der Waals surface area (Å²) in [7, 11) is 0. The van der Waals surface area contributed by atoms with E-state index in [0.29, 0.717) is 0 Å². The third-order valence-corrected chi connectivity index (χ3v) is 1.68. The van der Waals surface area contributed by atoms with Gasteiger partial charge in [-0.05, 0) is 37.8 Å². The standard InChI is InChI=1S/C8H17N.ClH/c1-7(2)5-9-6-8-3-4-8;/h7-9H,3-6H2,1-2H3;1H. The molecule has 0 atom stereocenters. The maximum absolute atomic E-state index is 3.45. The van der Waals surface area contributed by atoms with E-state index in [2.05, 4.69) is 19.2 Å². The van der Waals surface area contributed by atoms with Gasteiger partial charge < -0.3 is 5.32 Å². The summed E-state index contributed by atoms with van der Waals surface area (Å²) in [5.74, 6) is 1.84. The molecule has 10 heavy (non-hydrogen) atoms. The fourth-order valence-corrected chi connectivity index (χ4v) is 0.898. The fourth-order valence-electron chi connectivity index (χ4n) is 0.898. The molecule has 0 bridgehead atoms. The lowest BCUT2D eigenvalue weighted by molar-refractivity contribution is 0.536. The summed E-state index contributed by atoms with van der Waals surface area (Å²) < 4.78 is 0. The fraction of sp³-hybridized carbons (Fsp3) is 1.00. The summed E-state index contributed by atoms with van der Waals surface area (Å²) in [5.41, 5.74) is 0. The van der Waals surface area contributed by atoms with E-state index in [1.807, 2.05) is 0 Å². The quantitative estimate of drug-likeness (QED) is 0.669. The Bertz CT molecular complexity index is 77.3. The maximum Gasteiger partial charge on any atom is -0.00204 e. The van der Waals surface area contributed by atoms with Crippen molar-refractivity contribution in [3.05, 3.63) is 0 Å². The summed E-state index contributed by atoms with van der Waals surface area (Å²) in [5, 5.41) is 3.45. The Balaban J connectivity index is 0.000000810. The number of hydrogen-bond acceptors (Lipinski definition) is 1. The van der Waals surface area contributed by atoms with Crippen molar-refractivity contribution in [3.63, 3.8) is 0 Å². The average Bonchev–Trinajstić information content (AvgIpc) is 2.48. The van der Waals surface area contributed by atoms with Crippen molar-refractivity contribution in [3.8, 4) is 0 Å². The summed E-state index contributed by atoms with van der Waals surface area (Å²) >= 11 is 0. The van der Waals surface area contributed by atoms with Crippen molar-refractivity contribution in [2.75, 3.05) is 13.1 Å². The third kappa shape index (κ3) is 5.07. The van der Waals surface area contributed by atoms with Crippen LogP contribution in [-0.4, -0.2) is 13.1 Å². The van der Waals surface area contributed by atoms with Crippen LogP contribution >= 0.6 is 12.4 Å². The van der Waals surface area contributed by atoms with E-state index in [4.69, 9.17) is 0 Å². The van der Waals surface area contributed by atoms with E-state index >= 15 is 0 Å². The highest BCUT2D eigenvalue weighted by Gasteiger charge is 2.19. The van der Waals surface area contributed by atoms with Crippen LogP contribution in [-0.2, 0) is 0 Å². The predicted molar refractivity (Wildman–Crippen MR) is 47.7 cm³/mol. The van der Waals surface area contributed by atoms with Gasteiger partial charge in [0.15, 0.2) is 0 Å². The highest BCUT2D eigenvalue weighted by Crippen LogP contribution is 2.27. The summed E-state index contributed by atoms with van der Waals surface area (Å²) in [4.78, 5) is 0. The van der Waals surface area contributed by atoms with Crippen molar-refractivity contribution in [1.29, 1.82) is 0 Å². The zero-order chi connectivity index (χ0) is 6.69. The molecule has 0 unspecified atom stereocenters. The van der Waals surface area contributed by atoms with Crippen LogP contribution in [0.5, 0.6) is 0 Å². The lowest BCUT2D eigenvalue weighted by Gasteiger charge is -2.04. The second-order valence-corrected chi connectivity index (χ2v) is 3.50. The monoisotopic (exact) mass is 163 g/mol. The molecule has 1 aliphatic carbocycles. The van der Waals surface area contributed by atoms with E-state index in [1.165, 1.54) is 25.9 Å². The smallest absolute Gasteiger partial charge is 0.00204 e. The molecule has 1 rings (SSSR count). The van der Waals surface area contributed by atoms with E-state index in [-0.39, 0.29) is 12.4 Å². The zero-order valence-electron chi connectivity index (χ0n) is 6.89. The molecule has 2 heteroatoms. The van der Waals surface area contributed by atoms with Crippen LogP contribution in [0, 0.1) is 11.8 Å². The highest BCUT2D eigenvalue weighted by molar-refractivity contribution is 5.85. The van der Waals surface area contributed by atoms with E-state index in [1.54, 1.807) is 0 Å². The first-order chi connectivity index (χ1) is 4.29. The summed E-state index contributed by atoms with van der Waals surface area (Å²) in [6, 6.07) is 0. The van der Waals surface area contributed by atoms with Gasteiger partial charge >= 0.3 is 0 Å². The van der Waals surface area contributed by atoms with Gasteiger partial charge in [-0.25, -0.2) is 0 Å². The third-order valence-electron chi connectivity index (χ3n) is 1.68. The van der Waals surface area contributed by atoms with Crippen molar-refractivity contribution in [2.45, 2.75) is 26.7 Å². The topological polar surface area (TPSA) is 12.0 Å². The number of hydrogen-bond donors (Lipinski definition) is 1. The summed E-state index contributed by atoms with van der Waals surface area (Å²) in [6.07, 6.45) is 2.93. The highest BCUT2D eigenvalue weighted by atomic mass is 35.5. The Hall–Kier alpha value is 0.250. The van der Waals surface area contributed by atoms with Crippen molar-refractivity contribution >= 4 is 12.4 Å². The summed E-state index contributed by atoms with van der Waals surface area (Å²) in [6.45, 7) is 6.95. The van der Waals surface area contributed by atoms with Gasteiger partial charge in [0.25, 0.3) is 0 Å². The molecular weight excluding hydrogens is 146 g/mol. The number of nitrogens with one attached hydrogen (secondary N) is 1. The maximum atomic E-state index is 3.45. The largest absolute Gasteiger partial charge is 0.316 e. The first-order valence-electron chi connectivity index (χ1n) is 3.99. The normalized spacial score (nSPS) is 17.1. The molecule has 0 aromatic carbocycles. The molecule has 0 amide bonds. The van der Waals surface area contributed by atoms with Crippen molar-refractivity contribution in [2.24, 2.45) is 11.8 Å². The minimum Gasteiger partial charge on any atom is -0.316 e. The minimum atomic E-state index is 0. The molecule has 0 heterocycles. The molecule has 1 aliphatic rings. The van der Waals surface area contributed by atoms with Crippen LogP contribution in [0.4, 0.5) is 0 Å². The molecule has 1 N–H and O–H groups in total. The molecule has 62 valence electrons. The Labute approximate surface area is 70.0 Å². The first-order valence-corrected chi connectivity index (χ1v) is 3.99. The van der Waals surface area contributed by atoms with E-state index < -0.39 is 0 Å². The van der Waals surface area contributed by atoms with Gasteiger partial charge in [0, 0.05) is 0 Å². The van der Waals surface area contributed by atoms with Crippen LogP contribution in [0.3, 0.4) is 0 Å². The Morgan fingerprint density at radius 1 is 1.40 bits per heavy atom. The van der Waals surface area contributed by atoms with Crippen LogP contribution < -0.4 is 5.32 Å². The van der Waals surface area contributed by atoms with Crippen LogP contribution in [0.15, 0.2) is 0 Å². The van der Waals surface area contributed by atoms with Gasteiger partial charge in [-0.3, -0.25) is 0 Å². The second kappa shape index (κ2) is 4.97. The van der Waals surface area contributed by atoms with E-state index in [9.17, 15) is 0 Å². The molecular formula is C8H18ClN. The number of halogens is 1. The molecule has 0 aliphatic heterocycles. The Kier molecular flexibility index (Phi) is 5.10. The molecule has 0 saturated heterocycles. The lowest BCUT2D eigenvalue weighted by Crippen LogP contribution is -2.21. The predicted octanol–water partition coefficient (Wildman–Crippen LogP) is 2.06. The molecule has 0 aromatic heterocycles. The van der Waals surface area contributed by atoms with Gasteiger partial charge in [0.05, 0.1) is 0 Å². The lowest BCUT2D eigenvalue weighted by atomic mass is 10.2. The van der Waals surface area contributed by atoms with Gasteiger partial charge in [-0.15, -0.1) is 12.4 Å². The molecule has 1 nitrogen and oxygen atoms in total. The van der Waals surface area contributed by atoms with Crippen LogP contribution in [0.2, 0.25) is 0 Å². The average molecular weight is 164 g/mol. The Morgan fingerprint density at radius 3 is 2.40 bits per heavy atom. The van der Waals surface area contributed by atoms with Crippen molar-refractivity contribution < 1.29 is 0 Å². The molecule has 0 aromatic rings. The van der Waals surface area contributed by atoms with Crippen LogP contribution in [0.1, 0.15) is 26.7 Å². The number of rotatable bonds is 4. The van der Waals surface area contributed by atoms with Crippen LogP contribution in [0.25, 0.3) is 0 Å². The molecule has 0 spiro atoms. The SMILES string of the molecule is CC(C)CNCC1CC1.Cl. The van der Waals surface area contributed by atoms with Gasteiger partial charge in [0.2, 0.25) is 0 Å². The molecule has 1 saturated carbocycles. The molecule has 0 radical (unpaired) electrons. The van der Waals surface area contributed by atoms with E-state index in [0.717, 1.165) is 11.8 Å². The van der Waals surface area contributed by atoms with Gasteiger partial charge in [-0.2, -0.15) is 0 Å². The zero-order valence-corrected chi connectivity index (χ0v) is 7.71. The molecule has 1 fully saturated rings. The first kappa shape index (κ1) is 10.2. The second-order valence-electron chi connectivity index (χ2n) is 3.50. The Morgan fingerprint density at radius 2 is 2.00 bits per heavy atom. The minimum absolute atomic E-state index is 0. The van der Waals surface area contributed by atoms with Gasteiger partial charge in [-0.1, -0.05) is 13.8 Å². The van der Waals surface area contributed by atoms with Crippen molar-refractivity contribution in [1.82, 2.24) is 5.32 Å². The van der Waals surface area contributed by atoms with Gasteiger partial charge in [0.1, 0.15) is 0 Å².